The maximum atomic E-state index is 12.3. The molecular formula is C14H19N5O. The van der Waals surface area contributed by atoms with Crippen LogP contribution in [0.5, 0.6) is 0 Å². The average Bonchev–Trinajstić information content (AvgIpc) is 3.10. The quantitative estimate of drug-likeness (QED) is 0.839. The number of aromatic nitrogens is 4. The molecular weight excluding hydrogens is 254 g/mol. The van der Waals surface area contributed by atoms with Gasteiger partial charge in [-0.2, -0.15) is 10.2 Å². The zero-order valence-electron chi connectivity index (χ0n) is 11.6. The number of nitrogens with zero attached hydrogens (tertiary/aromatic N) is 5. The van der Waals surface area contributed by atoms with E-state index in [1.54, 1.807) is 10.9 Å². The van der Waals surface area contributed by atoms with E-state index in [-0.39, 0.29) is 5.91 Å². The Morgan fingerprint density at radius 3 is 3.05 bits per heavy atom. The zero-order valence-corrected chi connectivity index (χ0v) is 11.6. The summed E-state index contributed by atoms with van der Waals surface area (Å²) >= 11 is 0. The van der Waals surface area contributed by atoms with Crippen molar-refractivity contribution in [2.45, 2.75) is 25.3 Å². The molecule has 0 radical (unpaired) electrons. The van der Waals surface area contributed by atoms with Crippen LogP contribution in [0.3, 0.4) is 0 Å². The minimum atomic E-state index is 0.134. The highest BCUT2D eigenvalue weighted by molar-refractivity contribution is 5.76. The Balaban J connectivity index is 1.64. The largest absolute Gasteiger partial charge is 0.340 e. The van der Waals surface area contributed by atoms with Crippen LogP contribution in [0.2, 0.25) is 0 Å². The first-order valence-electron chi connectivity index (χ1n) is 6.97. The fourth-order valence-corrected chi connectivity index (χ4v) is 2.73. The topological polar surface area (TPSA) is 56.0 Å². The Hall–Kier alpha value is -2.11. The first-order valence-corrected chi connectivity index (χ1v) is 6.97. The van der Waals surface area contributed by atoms with Crippen molar-refractivity contribution < 1.29 is 4.79 Å². The van der Waals surface area contributed by atoms with Gasteiger partial charge in [0.15, 0.2) is 0 Å². The van der Waals surface area contributed by atoms with Crippen LogP contribution >= 0.6 is 0 Å². The van der Waals surface area contributed by atoms with Crippen LogP contribution < -0.4 is 0 Å². The second-order valence-corrected chi connectivity index (χ2v) is 5.30. The number of hydrogen-bond acceptors (Lipinski definition) is 3. The van der Waals surface area contributed by atoms with Crippen molar-refractivity contribution in [2.24, 2.45) is 7.05 Å². The lowest BCUT2D eigenvalue weighted by atomic mass is 9.95. The summed E-state index contributed by atoms with van der Waals surface area (Å²) in [6.45, 7) is 1.92. The molecule has 1 aliphatic heterocycles. The standard InChI is InChI=1S/C14H19N5O/c1-17-9-5-13(16-17)12-4-2-7-18(10-12)14(20)11-19-8-3-6-15-19/h3,5-6,8-9,12H,2,4,7,10-11H2,1H3/t12-/m0/s1. The van der Waals surface area contributed by atoms with E-state index in [2.05, 4.69) is 10.2 Å². The van der Waals surface area contributed by atoms with Crippen molar-refractivity contribution in [3.63, 3.8) is 0 Å². The average molecular weight is 273 g/mol. The molecule has 0 unspecified atom stereocenters. The van der Waals surface area contributed by atoms with Crippen molar-refractivity contribution in [2.75, 3.05) is 13.1 Å². The van der Waals surface area contributed by atoms with E-state index < -0.39 is 0 Å². The molecule has 3 heterocycles. The summed E-state index contributed by atoms with van der Waals surface area (Å²) in [4.78, 5) is 14.2. The van der Waals surface area contributed by atoms with Crippen LogP contribution in [0.15, 0.2) is 30.7 Å². The van der Waals surface area contributed by atoms with Crippen LogP contribution in [0.4, 0.5) is 0 Å². The van der Waals surface area contributed by atoms with Gasteiger partial charge in [0, 0.05) is 44.6 Å². The zero-order chi connectivity index (χ0) is 13.9. The molecule has 1 amide bonds. The van der Waals surface area contributed by atoms with Crippen molar-refractivity contribution in [3.8, 4) is 0 Å². The molecule has 20 heavy (non-hydrogen) atoms. The number of amides is 1. The summed E-state index contributed by atoms with van der Waals surface area (Å²) in [5, 5.41) is 8.55. The number of piperidine rings is 1. The number of likely N-dealkylation sites (tertiary alicyclic amines) is 1. The highest BCUT2D eigenvalue weighted by atomic mass is 16.2. The maximum Gasteiger partial charge on any atom is 0.244 e. The fraction of sp³-hybridized carbons (Fsp3) is 0.500. The summed E-state index contributed by atoms with van der Waals surface area (Å²) in [5.74, 6) is 0.487. The second-order valence-electron chi connectivity index (χ2n) is 5.30. The summed E-state index contributed by atoms with van der Waals surface area (Å²) in [6, 6.07) is 3.88. The first-order chi connectivity index (χ1) is 9.72. The number of aryl methyl sites for hydroxylation is 1. The highest BCUT2D eigenvalue weighted by Crippen LogP contribution is 2.25. The van der Waals surface area contributed by atoms with E-state index >= 15 is 0 Å². The highest BCUT2D eigenvalue weighted by Gasteiger charge is 2.26. The van der Waals surface area contributed by atoms with Gasteiger partial charge < -0.3 is 4.90 Å². The summed E-state index contributed by atoms with van der Waals surface area (Å²) < 4.78 is 3.49. The summed E-state index contributed by atoms with van der Waals surface area (Å²) in [5.41, 5.74) is 1.09. The second kappa shape index (κ2) is 5.48. The molecule has 1 aliphatic rings. The summed E-state index contributed by atoms with van der Waals surface area (Å²) in [7, 11) is 1.92. The Labute approximate surface area is 118 Å². The molecule has 0 aromatic carbocycles. The molecule has 3 rings (SSSR count). The van der Waals surface area contributed by atoms with Crippen LogP contribution in [-0.4, -0.2) is 43.5 Å². The Bertz CT molecular complexity index is 574. The van der Waals surface area contributed by atoms with Gasteiger partial charge >= 0.3 is 0 Å². The molecule has 6 nitrogen and oxygen atoms in total. The molecule has 0 aliphatic carbocycles. The first kappa shape index (κ1) is 12.9. The van der Waals surface area contributed by atoms with Crippen molar-refractivity contribution in [1.29, 1.82) is 0 Å². The van der Waals surface area contributed by atoms with Crippen molar-refractivity contribution in [3.05, 3.63) is 36.4 Å². The van der Waals surface area contributed by atoms with E-state index in [0.717, 1.165) is 31.6 Å². The predicted molar refractivity (Wildman–Crippen MR) is 74.0 cm³/mol. The van der Waals surface area contributed by atoms with Gasteiger partial charge in [-0.25, -0.2) is 0 Å². The van der Waals surface area contributed by atoms with Gasteiger partial charge in [0.1, 0.15) is 6.54 Å². The smallest absolute Gasteiger partial charge is 0.244 e. The molecule has 0 N–H and O–H groups in total. The molecule has 1 saturated heterocycles. The SMILES string of the molecule is Cn1ccc([C@H]2CCCN(C(=O)Cn3cccn3)C2)n1. The molecule has 0 bridgehead atoms. The molecule has 2 aromatic heterocycles. The van der Waals surface area contributed by atoms with Crippen LogP contribution in [0.25, 0.3) is 0 Å². The maximum absolute atomic E-state index is 12.3. The van der Waals surface area contributed by atoms with Crippen molar-refractivity contribution >= 4 is 5.91 Å². The molecule has 106 valence electrons. The van der Waals surface area contributed by atoms with Gasteiger partial charge in [-0.15, -0.1) is 0 Å². The van der Waals surface area contributed by atoms with Gasteiger partial charge in [0.25, 0.3) is 0 Å². The van der Waals surface area contributed by atoms with Gasteiger partial charge in [0.05, 0.1) is 5.69 Å². The van der Waals surface area contributed by atoms with Gasteiger partial charge in [-0.3, -0.25) is 14.2 Å². The molecule has 2 aromatic rings. The number of carbonyl (C=O) groups is 1. The number of hydrogen-bond donors (Lipinski definition) is 0. The minimum Gasteiger partial charge on any atom is -0.340 e. The van der Waals surface area contributed by atoms with Crippen LogP contribution in [-0.2, 0) is 18.4 Å². The van der Waals surface area contributed by atoms with Crippen molar-refractivity contribution in [1.82, 2.24) is 24.5 Å². The number of rotatable bonds is 3. The molecule has 1 atom stereocenters. The van der Waals surface area contributed by atoms with Crippen LogP contribution in [0, 0.1) is 0 Å². The summed E-state index contributed by atoms with van der Waals surface area (Å²) in [6.07, 6.45) is 7.60. The van der Waals surface area contributed by atoms with Gasteiger partial charge in [-0.05, 0) is 25.0 Å². The van der Waals surface area contributed by atoms with E-state index in [9.17, 15) is 4.79 Å². The Morgan fingerprint density at radius 2 is 2.35 bits per heavy atom. The fourth-order valence-electron chi connectivity index (χ4n) is 2.73. The van der Waals surface area contributed by atoms with E-state index in [1.807, 2.05) is 41.2 Å². The Morgan fingerprint density at radius 1 is 1.45 bits per heavy atom. The monoisotopic (exact) mass is 273 g/mol. The molecule has 0 saturated carbocycles. The third-order valence-electron chi connectivity index (χ3n) is 3.78. The molecule has 6 heteroatoms. The van der Waals surface area contributed by atoms with Gasteiger partial charge in [-0.1, -0.05) is 0 Å². The van der Waals surface area contributed by atoms with E-state index in [1.165, 1.54) is 0 Å². The third-order valence-corrected chi connectivity index (χ3v) is 3.78. The lowest BCUT2D eigenvalue weighted by Crippen LogP contribution is -2.41. The van der Waals surface area contributed by atoms with E-state index in [4.69, 9.17) is 0 Å². The van der Waals surface area contributed by atoms with E-state index in [0.29, 0.717) is 12.5 Å². The minimum absolute atomic E-state index is 0.134. The third kappa shape index (κ3) is 2.74. The molecule has 1 fully saturated rings. The van der Waals surface area contributed by atoms with Gasteiger partial charge in [0.2, 0.25) is 5.91 Å². The lowest BCUT2D eigenvalue weighted by Gasteiger charge is -2.32. The van der Waals surface area contributed by atoms with Crippen LogP contribution in [0.1, 0.15) is 24.5 Å². The molecule has 0 spiro atoms. The predicted octanol–water partition coefficient (Wildman–Crippen LogP) is 1.02. The lowest BCUT2D eigenvalue weighted by molar-refractivity contribution is -0.133. The number of carbonyl (C=O) groups excluding carboxylic acids is 1. The Kier molecular flexibility index (Phi) is 3.54. The normalized spacial score (nSPS) is 19.2.